The molecule has 80 valence electrons. The largest absolute Gasteiger partial charge is 0.376 e. The van der Waals surface area contributed by atoms with Crippen molar-refractivity contribution in [2.45, 2.75) is 46.6 Å². The van der Waals surface area contributed by atoms with Crippen LogP contribution >= 0.6 is 11.6 Å². The predicted molar refractivity (Wildman–Crippen MR) is 59.4 cm³/mol. The van der Waals surface area contributed by atoms with Crippen LogP contribution in [0.2, 0.25) is 0 Å². The van der Waals surface area contributed by atoms with Gasteiger partial charge in [-0.05, 0) is 39.0 Å². The Hall–Kier alpha value is 0.250. The van der Waals surface area contributed by atoms with E-state index in [4.69, 9.17) is 16.3 Å². The molecule has 1 nitrogen and oxygen atoms in total. The molecule has 0 amide bonds. The first-order valence-corrected chi connectivity index (χ1v) is 5.60. The van der Waals surface area contributed by atoms with E-state index in [0.717, 1.165) is 18.9 Å². The first-order chi connectivity index (χ1) is 5.87. The van der Waals surface area contributed by atoms with E-state index in [0.29, 0.717) is 11.8 Å². The molecule has 0 spiro atoms. The maximum Gasteiger partial charge on any atom is 0.0598 e. The zero-order valence-electron chi connectivity index (χ0n) is 9.56. The van der Waals surface area contributed by atoms with Gasteiger partial charge in [-0.2, -0.15) is 0 Å². The summed E-state index contributed by atoms with van der Waals surface area (Å²) in [4.78, 5) is 0. The van der Waals surface area contributed by atoms with Crippen molar-refractivity contribution in [2.75, 3.05) is 12.5 Å². The molecule has 1 unspecified atom stereocenters. The Morgan fingerprint density at radius 1 is 1.23 bits per heavy atom. The first-order valence-electron chi connectivity index (χ1n) is 5.06. The third-order valence-corrected chi connectivity index (χ3v) is 2.56. The third-order valence-electron chi connectivity index (χ3n) is 2.16. The molecule has 2 heteroatoms. The summed E-state index contributed by atoms with van der Waals surface area (Å²) in [6.45, 7) is 11.5. The summed E-state index contributed by atoms with van der Waals surface area (Å²) in [5, 5.41) is 0. The Bertz CT molecular complexity index is 127. The summed E-state index contributed by atoms with van der Waals surface area (Å²) >= 11 is 5.86. The highest BCUT2D eigenvalue weighted by atomic mass is 35.5. The minimum absolute atomic E-state index is 0.0200. The van der Waals surface area contributed by atoms with E-state index in [9.17, 15) is 0 Å². The minimum atomic E-state index is -0.0200. The summed E-state index contributed by atoms with van der Waals surface area (Å²) in [6, 6.07) is 0. The maximum absolute atomic E-state index is 5.86. The van der Waals surface area contributed by atoms with Gasteiger partial charge in [-0.3, -0.25) is 0 Å². The minimum Gasteiger partial charge on any atom is -0.376 e. The van der Waals surface area contributed by atoms with Gasteiger partial charge in [-0.15, -0.1) is 11.6 Å². The van der Waals surface area contributed by atoms with Crippen LogP contribution in [-0.2, 0) is 4.74 Å². The predicted octanol–water partition coefficient (Wildman–Crippen LogP) is 3.70. The molecule has 13 heavy (non-hydrogen) atoms. The Labute approximate surface area is 87.8 Å². The number of rotatable bonds is 5. The second-order valence-electron chi connectivity index (χ2n) is 4.91. The van der Waals surface area contributed by atoms with Crippen LogP contribution in [0, 0.1) is 11.8 Å². The molecule has 0 N–H and O–H groups in total. The summed E-state index contributed by atoms with van der Waals surface area (Å²) in [5.41, 5.74) is -0.0200. The van der Waals surface area contributed by atoms with Gasteiger partial charge in [-0.1, -0.05) is 13.8 Å². The van der Waals surface area contributed by atoms with Crippen molar-refractivity contribution in [2.24, 2.45) is 11.8 Å². The summed E-state index contributed by atoms with van der Waals surface area (Å²) in [7, 11) is 0. The Morgan fingerprint density at radius 3 is 2.08 bits per heavy atom. The van der Waals surface area contributed by atoms with Crippen molar-refractivity contribution in [1.82, 2.24) is 0 Å². The maximum atomic E-state index is 5.86. The van der Waals surface area contributed by atoms with Crippen molar-refractivity contribution in [1.29, 1.82) is 0 Å². The van der Waals surface area contributed by atoms with Crippen LogP contribution in [0.15, 0.2) is 0 Å². The van der Waals surface area contributed by atoms with Crippen molar-refractivity contribution in [3.8, 4) is 0 Å². The highest BCUT2D eigenvalue weighted by Crippen LogP contribution is 2.18. The van der Waals surface area contributed by atoms with Gasteiger partial charge in [0, 0.05) is 12.5 Å². The van der Waals surface area contributed by atoms with Gasteiger partial charge in [0.2, 0.25) is 0 Å². The van der Waals surface area contributed by atoms with E-state index < -0.39 is 0 Å². The van der Waals surface area contributed by atoms with Crippen LogP contribution < -0.4 is 0 Å². The first kappa shape index (κ1) is 13.2. The van der Waals surface area contributed by atoms with Gasteiger partial charge >= 0.3 is 0 Å². The molecule has 0 saturated carbocycles. The van der Waals surface area contributed by atoms with Gasteiger partial charge in [0.1, 0.15) is 0 Å². The third kappa shape index (κ3) is 7.33. The Morgan fingerprint density at radius 2 is 1.77 bits per heavy atom. The van der Waals surface area contributed by atoms with E-state index >= 15 is 0 Å². The van der Waals surface area contributed by atoms with Crippen LogP contribution in [-0.4, -0.2) is 18.1 Å². The standard InChI is InChI=1S/C11H23ClO/c1-9(2)10(8-12)6-7-13-11(3,4)5/h9-10H,6-8H2,1-5H3. The molecule has 0 aliphatic rings. The normalized spacial score (nSPS) is 15.0. The SMILES string of the molecule is CC(C)C(CCl)CCOC(C)(C)C. The molecule has 0 heterocycles. The van der Waals surface area contributed by atoms with E-state index in [1.165, 1.54) is 0 Å². The topological polar surface area (TPSA) is 9.23 Å². The zero-order valence-corrected chi connectivity index (χ0v) is 10.3. The Balaban J connectivity index is 3.62. The van der Waals surface area contributed by atoms with Crippen LogP contribution in [0.25, 0.3) is 0 Å². The van der Waals surface area contributed by atoms with E-state index in [1.54, 1.807) is 0 Å². The van der Waals surface area contributed by atoms with E-state index in [-0.39, 0.29) is 5.60 Å². The number of halogens is 1. The lowest BCUT2D eigenvalue weighted by atomic mass is 9.95. The van der Waals surface area contributed by atoms with Crippen LogP contribution in [0.5, 0.6) is 0 Å². The van der Waals surface area contributed by atoms with Crippen molar-refractivity contribution >= 4 is 11.6 Å². The smallest absolute Gasteiger partial charge is 0.0598 e. The lowest BCUT2D eigenvalue weighted by molar-refractivity contribution is -0.0103. The van der Waals surface area contributed by atoms with Crippen molar-refractivity contribution in [3.05, 3.63) is 0 Å². The van der Waals surface area contributed by atoms with E-state index in [2.05, 4.69) is 34.6 Å². The van der Waals surface area contributed by atoms with Crippen LogP contribution in [0.1, 0.15) is 41.0 Å². The van der Waals surface area contributed by atoms with Crippen LogP contribution in [0.4, 0.5) is 0 Å². The summed E-state index contributed by atoms with van der Waals surface area (Å²) in [5.74, 6) is 1.98. The molecule has 0 aromatic heterocycles. The molecule has 0 fully saturated rings. The summed E-state index contributed by atoms with van der Waals surface area (Å²) in [6.07, 6.45) is 1.07. The van der Waals surface area contributed by atoms with Crippen molar-refractivity contribution < 1.29 is 4.74 Å². The number of alkyl halides is 1. The average molecular weight is 207 g/mol. The van der Waals surface area contributed by atoms with Crippen LogP contribution in [0.3, 0.4) is 0 Å². The summed E-state index contributed by atoms with van der Waals surface area (Å²) < 4.78 is 5.65. The molecule has 0 aromatic rings. The van der Waals surface area contributed by atoms with Gasteiger partial charge in [0.05, 0.1) is 5.60 Å². The second kappa shape index (κ2) is 5.87. The highest BCUT2D eigenvalue weighted by Gasteiger charge is 2.14. The molecular formula is C11H23ClO. The monoisotopic (exact) mass is 206 g/mol. The molecular weight excluding hydrogens is 184 g/mol. The number of hydrogen-bond donors (Lipinski definition) is 0. The molecule has 0 rings (SSSR count). The fourth-order valence-electron chi connectivity index (χ4n) is 1.11. The highest BCUT2D eigenvalue weighted by molar-refractivity contribution is 6.18. The molecule has 0 aliphatic heterocycles. The van der Waals surface area contributed by atoms with Gasteiger partial charge in [0.25, 0.3) is 0 Å². The molecule has 0 bridgehead atoms. The molecule has 0 aliphatic carbocycles. The van der Waals surface area contributed by atoms with Crippen molar-refractivity contribution in [3.63, 3.8) is 0 Å². The molecule has 0 aromatic carbocycles. The Kier molecular flexibility index (Phi) is 5.98. The lowest BCUT2D eigenvalue weighted by Crippen LogP contribution is -2.22. The van der Waals surface area contributed by atoms with E-state index in [1.807, 2.05) is 0 Å². The number of hydrogen-bond acceptors (Lipinski definition) is 1. The molecule has 0 radical (unpaired) electrons. The zero-order chi connectivity index (χ0) is 10.5. The van der Waals surface area contributed by atoms with Gasteiger partial charge in [0.15, 0.2) is 0 Å². The van der Waals surface area contributed by atoms with Gasteiger partial charge in [-0.25, -0.2) is 0 Å². The van der Waals surface area contributed by atoms with Gasteiger partial charge < -0.3 is 4.74 Å². The fraction of sp³-hybridized carbons (Fsp3) is 1.00. The lowest BCUT2D eigenvalue weighted by Gasteiger charge is -2.23. The number of ether oxygens (including phenoxy) is 1. The average Bonchev–Trinajstić information content (AvgIpc) is 1.95. The second-order valence-corrected chi connectivity index (χ2v) is 5.22. The molecule has 1 atom stereocenters. The quantitative estimate of drug-likeness (QED) is 0.624. The molecule has 0 saturated heterocycles. The fourth-order valence-corrected chi connectivity index (χ4v) is 1.62.